The summed E-state index contributed by atoms with van der Waals surface area (Å²) < 4.78 is 112. The fourth-order valence-electron chi connectivity index (χ4n) is 3.67. The number of nitrogens with zero attached hydrogens (tertiary/aromatic N) is 2. The number of amides is 6. The first kappa shape index (κ1) is 13.2. The summed E-state index contributed by atoms with van der Waals surface area (Å²) in [4.78, 5) is 73.7. The van der Waals surface area contributed by atoms with Gasteiger partial charge in [-0.15, -0.1) is 0 Å². The van der Waals surface area contributed by atoms with E-state index in [1.165, 1.54) is 47.0 Å². The number of nitrogens with one attached hydrogen (secondary N) is 2. The lowest BCUT2D eigenvalue weighted by Gasteiger charge is -2.29. The van der Waals surface area contributed by atoms with E-state index in [0.717, 1.165) is 0 Å². The third kappa shape index (κ3) is 4.33. The van der Waals surface area contributed by atoms with Gasteiger partial charge in [0.15, 0.2) is 0 Å². The molecule has 38 heavy (non-hydrogen) atoms. The number of benzene rings is 2. The largest absolute Gasteiger partial charge is 0.398 e. The van der Waals surface area contributed by atoms with Crippen molar-refractivity contribution >= 4 is 46.8 Å². The third-order valence-electron chi connectivity index (χ3n) is 5.43. The van der Waals surface area contributed by atoms with Crippen molar-refractivity contribution < 1.29 is 48.0 Å². The van der Waals surface area contributed by atoms with Gasteiger partial charge < -0.3 is 21.3 Å². The van der Waals surface area contributed by atoms with E-state index in [1.54, 1.807) is 0 Å². The first-order valence-electron chi connectivity index (χ1n) is 17.6. The summed E-state index contributed by atoms with van der Waals surface area (Å²) in [6, 6.07) is 0.871. The maximum absolute atomic E-state index is 12.8. The SMILES string of the molecule is [2H]C1([2H])c2c(N)cccc2C(=O)N1[C@@]1([2H])C(=O)NC(=O)C([2H])([2H])C1([2H])[2H].[2H]C1([2H])c2c(N)cccc2C(=O)N1[C@]1([2H])C(=O)NC(=O)C([2H])([2H])C1([2H])[2H]. The fraction of sp³-hybridized carbons (Fsp3) is 0.308. The monoisotopic (exact) mass is 532 g/mol. The number of carbonyl (C=O) groups excluding carboxylic acids is 6. The number of rotatable bonds is 2. The molecule has 4 aliphatic heterocycles. The van der Waals surface area contributed by atoms with Crippen LogP contribution in [0.1, 0.15) is 76.5 Å². The summed E-state index contributed by atoms with van der Waals surface area (Å²) in [5, 5.41) is 3.04. The molecule has 0 saturated carbocycles. The molecule has 2 aromatic carbocycles. The van der Waals surface area contributed by atoms with Crippen molar-refractivity contribution in [1.82, 2.24) is 20.4 Å². The molecule has 4 aliphatic rings. The quantitative estimate of drug-likeness (QED) is 0.309. The summed E-state index contributed by atoms with van der Waals surface area (Å²) >= 11 is 0. The van der Waals surface area contributed by atoms with Crippen LogP contribution in [-0.2, 0) is 32.2 Å². The summed E-state index contributed by atoms with van der Waals surface area (Å²) in [7, 11) is 0. The second-order valence-corrected chi connectivity index (χ2v) is 7.81. The van der Waals surface area contributed by atoms with E-state index in [-0.39, 0.29) is 43.4 Å². The van der Waals surface area contributed by atoms with Gasteiger partial charge in [0.1, 0.15) is 12.0 Å². The number of hydrogen-bond donors (Lipinski definition) is 4. The summed E-state index contributed by atoms with van der Waals surface area (Å²) in [6.07, 6.45) is -13.9. The van der Waals surface area contributed by atoms with Gasteiger partial charge >= 0.3 is 0 Å². The molecule has 6 N–H and O–H groups in total. The Bertz CT molecular complexity index is 1890. The maximum atomic E-state index is 12.8. The lowest BCUT2D eigenvalue weighted by Crippen LogP contribution is -2.52. The van der Waals surface area contributed by atoms with Crippen molar-refractivity contribution in [2.24, 2.45) is 0 Å². The van der Waals surface area contributed by atoms with E-state index in [9.17, 15) is 28.8 Å². The molecule has 2 atom stereocenters. The highest BCUT2D eigenvalue weighted by Crippen LogP contribution is 2.32. The predicted octanol–water partition coefficient (Wildman–Crippen LogP) is 0.0596. The molecule has 2 saturated heterocycles. The van der Waals surface area contributed by atoms with E-state index in [4.69, 9.17) is 30.7 Å². The van der Waals surface area contributed by atoms with E-state index in [0.29, 0.717) is 0 Å². The number of piperidine rings is 2. The van der Waals surface area contributed by atoms with Gasteiger partial charge in [-0.05, 0) is 37.0 Å². The maximum Gasteiger partial charge on any atom is 0.255 e. The Morgan fingerprint density at radius 3 is 1.47 bits per heavy atom. The molecule has 2 fully saturated rings. The first-order valence-corrected chi connectivity index (χ1v) is 10.6. The Kier molecular flexibility index (Phi) is 3.33. The minimum atomic E-state index is -3.56. The first-order chi connectivity index (χ1) is 23.4. The number of nitrogens with two attached hydrogens (primary N) is 2. The zero-order valence-corrected chi connectivity index (χ0v) is 19.0. The second-order valence-electron chi connectivity index (χ2n) is 7.81. The molecule has 0 bridgehead atoms. The van der Waals surface area contributed by atoms with E-state index < -0.39 is 86.0 Å². The van der Waals surface area contributed by atoms with Gasteiger partial charge in [0.2, 0.25) is 23.6 Å². The van der Waals surface area contributed by atoms with E-state index in [1.807, 2.05) is 0 Å². The number of carbonyl (C=O) groups is 6. The van der Waals surface area contributed by atoms with Crippen LogP contribution in [0, 0.1) is 0 Å². The van der Waals surface area contributed by atoms with Crippen LogP contribution < -0.4 is 22.1 Å². The molecule has 12 nitrogen and oxygen atoms in total. The topological polar surface area (TPSA) is 185 Å². The summed E-state index contributed by atoms with van der Waals surface area (Å²) in [5.74, 6) is -8.94. The normalized spacial score (nSPS) is 39.7. The van der Waals surface area contributed by atoms with Crippen LogP contribution in [0.4, 0.5) is 11.4 Å². The van der Waals surface area contributed by atoms with Crippen molar-refractivity contribution in [3.63, 3.8) is 0 Å². The Morgan fingerprint density at radius 1 is 0.711 bits per heavy atom. The standard InChI is InChI=1S/2C13H13N3O3/c2*14-9-3-1-2-7-8(9)6-16(13(7)19)10-4-5-11(17)15-12(10)18/h2*1-3,10H,4-6,14H2,(H,15,17,18)/t2*10-/m10/s1/i2*4D2,5D2,6D2,10D. The molecule has 0 aliphatic carbocycles. The van der Waals surface area contributed by atoms with Gasteiger partial charge in [-0.25, -0.2) is 0 Å². The van der Waals surface area contributed by atoms with Crippen molar-refractivity contribution in [2.75, 3.05) is 11.5 Å². The van der Waals surface area contributed by atoms with Crippen LogP contribution in [0.2, 0.25) is 0 Å². The van der Waals surface area contributed by atoms with Crippen molar-refractivity contribution in [1.29, 1.82) is 0 Å². The number of imide groups is 2. The Labute approximate surface area is 237 Å². The van der Waals surface area contributed by atoms with Gasteiger partial charge in [0.25, 0.3) is 11.8 Å². The Hall–Kier alpha value is -4.74. The van der Waals surface area contributed by atoms with Crippen molar-refractivity contribution in [3.8, 4) is 0 Å². The van der Waals surface area contributed by atoms with Crippen LogP contribution >= 0.6 is 0 Å². The molecule has 0 spiro atoms. The van der Waals surface area contributed by atoms with Crippen molar-refractivity contribution in [3.05, 3.63) is 58.7 Å². The van der Waals surface area contributed by atoms with E-state index in [2.05, 4.69) is 0 Å². The molecular formula is C26H26N6O6. The van der Waals surface area contributed by atoms with E-state index >= 15 is 0 Å². The smallest absolute Gasteiger partial charge is 0.255 e. The molecule has 0 aromatic heterocycles. The highest BCUT2D eigenvalue weighted by atomic mass is 16.2. The zero-order valence-electron chi connectivity index (χ0n) is 33.0. The van der Waals surface area contributed by atoms with Crippen LogP contribution in [0.3, 0.4) is 0 Å². The van der Waals surface area contributed by atoms with Gasteiger partial charge in [0, 0.05) is 70.3 Å². The summed E-state index contributed by atoms with van der Waals surface area (Å²) in [6.45, 7) is -5.78. The molecule has 0 radical (unpaired) electrons. The van der Waals surface area contributed by atoms with Gasteiger partial charge in [-0.2, -0.15) is 0 Å². The lowest BCUT2D eigenvalue weighted by molar-refractivity contribution is -0.138. The molecule has 196 valence electrons. The second kappa shape index (κ2) is 9.61. The Balaban J connectivity index is 0.000000201. The molecule has 0 unspecified atom stereocenters. The number of fused-ring (bicyclic) bond motifs is 2. The van der Waals surface area contributed by atoms with Crippen LogP contribution in [0.25, 0.3) is 0 Å². The van der Waals surface area contributed by atoms with Crippen LogP contribution in [0.15, 0.2) is 36.4 Å². The Morgan fingerprint density at radius 2 is 1.11 bits per heavy atom. The molecule has 6 amide bonds. The minimum Gasteiger partial charge on any atom is -0.398 e. The number of nitrogen functional groups attached to an aromatic ring is 2. The average molecular weight is 533 g/mol. The summed E-state index contributed by atoms with van der Waals surface area (Å²) in [5.41, 5.74) is 9.89. The molecular weight excluding hydrogens is 492 g/mol. The average Bonchev–Trinajstić information content (AvgIpc) is 3.37. The molecule has 4 heterocycles. The molecule has 12 heteroatoms. The van der Waals surface area contributed by atoms with Crippen LogP contribution in [-0.4, -0.2) is 57.3 Å². The number of anilines is 2. The fourth-order valence-corrected chi connectivity index (χ4v) is 3.67. The van der Waals surface area contributed by atoms with Crippen molar-refractivity contribution in [2.45, 2.75) is 50.5 Å². The highest BCUT2D eigenvalue weighted by Gasteiger charge is 2.40. The lowest BCUT2D eigenvalue weighted by atomic mass is 10.0. The molecule has 2 aromatic rings. The van der Waals surface area contributed by atoms with Gasteiger partial charge in [-0.3, -0.25) is 39.4 Å². The zero-order chi connectivity index (χ0) is 39.7. The molecule has 6 rings (SSSR count). The van der Waals surface area contributed by atoms with Gasteiger partial charge in [0.05, 0.1) is 8.22 Å². The van der Waals surface area contributed by atoms with Crippen LogP contribution in [0.5, 0.6) is 0 Å². The highest BCUT2D eigenvalue weighted by molar-refractivity contribution is 6.07. The third-order valence-corrected chi connectivity index (χ3v) is 5.43. The predicted molar refractivity (Wildman–Crippen MR) is 134 cm³/mol. The van der Waals surface area contributed by atoms with Gasteiger partial charge in [-0.1, -0.05) is 12.1 Å². The minimum absolute atomic E-state index is 0.000625. The number of hydrogen-bond acceptors (Lipinski definition) is 8.